The molecule has 0 spiro atoms. The van der Waals surface area contributed by atoms with Crippen molar-refractivity contribution in [2.24, 2.45) is 0 Å². The first kappa shape index (κ1) is 19.9. The highest BCUT2D eigenvalue weighted by atomic mass is 32.2. The minimum atomic E-state index is -2.58. The van der Waals surface area contributed by atoms with Gasteiger partial charge >= 0.3 is 0 Å². The van der Waals surface area contributed by atoms with Crippen LogP contribution in [0, 0.1) is 0 Å². The van der Waals surface area contributed by atoms with Gasteiger partial charge in [-0.1, -0.05) is 23.9 Å². The molecule has 0 N–H and O–H groups in total. The normalized spacial score (nSPS) is 16.8. The highest BCUT2D eigenvalue weighted by molar-refractivity contribution is 7.99. The van der Waals surface area contributed by atoms with Crippen LogP contribution in [0.5, 0.6) is 0 Å². The smallest absolute Gasteiger partial charge is 0.288 e. The van der Waals surface area contributed by atoms with E-state index in [1.54, 1.807) is 34.2 Å². The standard InChI is InChI=1S/C20H22F2N4O2S/c21-20(22)29-17-7-2-1-5-14(17)18(27)24-9-11-25(12-10-24)19(28)15-13-23-26-8-4-3-6-16(15)26/h1-2,5,7,13,20H,3-4,6,8-12H2. The van der Waals surface area contributed by atoms with Gasteiger partial charge in [-0.2, -0.15) is 13.9 Å². The van der Waals surface area contributed by atoms with Crippen LogP contribution in [0.25, 0.3) is 0 Å². The monoisotopic (exact) mass is 420 g/mol. The fourth-order valence-corrected chi connectivity index (χ4v) is 4.53. The molecule has 0 unspecified atom stereocenters. The summed E-state index contributed by atoms with van der Waals surface area (Å²) < 4.78 is 27.5. The topological polar surface area (TPSA) is 58.4 Å². The van der Waals surface area contributed by atoms with E-state index in [0.717, 1.165) is 31.5 Å². The van der Waals surface area contributed by atoms with E-state index in [0.29, 0.717) is 43.5 Å². The highest BCUT2D eigenvalue weighted by Crippen LogP contribution is 2.29. The van der Waals surface area contributed by atoms with Crippen molar-refractivity contribution in [2.75, 3.05) is 26.2 Å². The Morgan fingerprint density at radius 1 is 0.931 bits per heavy atom. The second kappa shape index (κ2) is 8.52. The van der Waals surface area contributed by atoms with Gasteiger partial charge in [-0.25, -0.2) is 0 Å². The maximum atomic E-state index is 12.9. The molecule has 6 nitrogen and oxygen atoms in total. The van der Waals surface area contributed by atoms with Crippen molar-refractivity contribution < 1.29 is 18.4 Å². The summed E-state index contributed by atoms with van der Waals surface area (Å²) >= 11 is 0.379. The summed E-state index contributed by atoms with van der Waals surface area (Å²) in [5, 5.41) is 4.33. The number of benzene rings is 1. The summed E-state index contributed by atoms with van der Waals surface area (Å²) in [6, 6.07) is 6.42. The Morgan fingerprint density at radius 2 is 1.59 bits per heavy atom. The molecule has 9 heteroatoms. The molecule has 154 valence electrons. The minimum absolute atomic E-state index is 0.0473. The second-order valence-corrected chi connectivity index (χ2v) is 8.18. The van der Waals surface area contributed by atoms with Crippen molar-refractivity contribution >= 4 is 23.6 Å². The number of hydrogen-bond acceptors (Lipinski definition) is 4. The van der Waals surface area contributed by atoms with Gasteiger partial charge in [0.25, 0.3) is 17.6 Å². The molecule has 1 aromatic carbocycles. The van der Waals surface area contributed by atoms with E-state index in [-0.39, 0.29) is 22.3 Å². The van der Waals surface area contributed by atoms with E-state index in [4.69, 9.17) is 0 Å². The van der Waals surface area contributed by atoms with Crippen molar-refractivity contribution in [2.45, 2.75) is 36.5 Å². The third-order valence-corrected chi connectivity index (χ3v) is 6.19. The number of halogens is 2. The Morgan fingerprint density at radius 3 is 2.28 bits per heavy atom. The molecule has 0 radical (unpaired) electrons. The minimum Gasteiger partial charge on any atom is -0.335 e. The number of rotatable bonds is 4. The zero-order valence-corrected chi connectivity index (χ0v) is 16.7. The summed E-state index contributed by atoms with van der Waals surface area (Å²) in [6.07, 6.45) is 4.65. The van der Waals surface area contributed by atoms with Gasteiger partial charge in [0, 0.05) is 37.6 Å². The average Bonchev–Trinajstić information content (AvgIpc) is 3.17. The van der Waals surface area contributed by atoms with Crippen LogP contribution in [-0.2, 0) is 13.0 Å². The lowest BCUT2D eigenvalue weighted by atomic mass is 10.1. The molecule has 1 aromatic heterocycles. The highest BCUT2D eigenvalue weighted by Gasteiger charge is 2.29. The molecule has 2 aliphatic heterocycles. The first-order valence-corrected chi connectivity index (χ1v) is 10.6. The number of fused-ring (bicyclic) bond motifs is 1. The summed E-state index contributed by atoms with van der Waals surface area (Å²) in [7, 11) is 0. The molecule has 0 atom stereocenters. The van der Waals surface area contributed by atoms with Gasteiger partial charge < -0.3 is 9.80 Å². The van der Waals surface area contributed by atoms with Gasteiger partial charge in [-0.05, 0) is 31.4 Å². The quantitative estimate of drug-likeness (QED) is 0.713. The Hall–Kier alpha value is -2.42. The van der Waals surface area contributed by atoms with E-state index in [2.05, 4.69) is 5.10 Å². The van der Waals surface area contributed by atoms with Crippen LogP contribution in [0.3, 0.4) is 0 Å². The Balaban J connectivity index is 1.41. The number of hydrogen-bond donors (Lipinski definition) is 0. The summed E-state index contributed by atoms with van der Waals surface area (Å²) in [5.74, 6) is -2.90. The van der Waals surface area contributed by atoms with Crippen LogP contribution in [-0.4, -0.2) is 63.3 Å². The van der Waals surface area contributed by atoms with Gasteiger partial charge in [0.2, 0.25) is 0 Å². The van der Waals surface area contributed by atoms with Crippen molar-refractivity contribution in [3.8, 4) is 0 Å². The lowest BCUT2D eigenvalue weighted by Crippen LogP contribution is -2.50. The van der Waals surface area contributed by atoms with Crippen LogP contribution < -0.4 is 0 Å². The summed E-state index contributed by atoms with van der Waals surface area (Å²) in [4.78, 5) is 29.4. The molecule has 2 aliphatic rings. The fraction of sp³-hybridized carbons (Fsp3) is 0.450. The zero-order valence-electron chi connectivity index (χ0n) is 15.9. The van der Waals surface area contributed by atoms with Gasteiger partial charge in [-0.15, -0.1) is 0 Å². The summed E-state index contributed by atoms with van der Waals surface area (Å²) in [6.45, 7) is 2.43. The molecular formula is C20H22F2N4O2S. The second-order valence-electron chi connectivity index (χ2n) is 7.14. The largest absolute Gasteiger partial charge is 0.335 e. The number of aromatic nitrogens is 2. The SMILES string of the molecule is O=C(c1ccccc1SC(F)F)N1CCN(C(=O)c2cnn3c2CCCC3)CC1. The number of thioether (sulfide) groups is 1. The van der Waals surface area contributed by atoms with Crippen LogP contribution in [0.1, 0.15) is 39.3 Å². The number of alkyl halides is 2. The van der Waals surface area contributed by atoms with Gasteiger partial charge in [0.05, 0.1) is 23.0 Å². The predicted molar refractivity (Wildman–Crippen MR) is 105 cm³/mol. The van der Waals surface area contributed by atoms with Gasteiger partial charge in [0.1, 0.15) is 0 Å². The maximum Gasteiger partial charge on any atom is 0.288 e. The molecule has 4 rings (SSSR count). The molecule has 2 amide bonds. The Bertz CT molecular complexity index is 910. The van der Waals surface area contributed by atoms with Crippen LogP contribution >= 0.6 is 11.8 Å². The van der Waals surface area contributed by atoms with Crippen LogP contribution in [0.2, 0.25) is 0 Å². The number of nitrogens with zero attached hydrogens (tertiary/aromatic N) is 4. The average molecular weight is 420 g/mol. The van der Waals surface area contributed by atoms with E-state index < -0.39 is 5.76 Å². The lowest BCUT2D eigenvalue weighted by molar-refractivity contribution is 0.0532. The van der Waals surface area contributed by atoms with Crippen molar-refractivity contribution in [3.05, 3.63) is 47.3 Å². The Labute approximate surface area is 171 Å². The zero-order chi connectivity index (χ0) is 20.4. The third kappa shape index (κ3) is 4.14. The van der Waals surface area contributed by atoms with Gasteiger partial charge in [-0.3, -0.25) is 14.3 Å². The van der Waals surface area contributed by atoms with Crippen molar-refractivity contribution in [1.82, 2.24) is 19.6 Å². The molecule has 29 heavy (non-hydrogen) atoms. The number of carbonyl (C=O) groups is 2. The number of piperazine rings is 1. The van der Waals surface area contributed by atoms with E-state index in [9.17, 15) is 18.4 Å². The molecule has 0 saturated carbocycles. The Kier molecular flexibility index (Phi) is 5.84. The number of carbonyl (C=O) groups excluding carboxylic acids is 2. The van der Waals surface area contributed by atoms with Crippen LogP contribution in [0.15, 0.2) is 35.4 Å². The lowest BCUT2D eigenvalue weighted by Gasteiger charge is -2.35. The molecule has 0 bridgehead atoms. The van der Waals surface area contributed by atoms with Crippen molar-refractivity contribution in [1.29, 1.82) is 0 Å². The first-order valence-electron chi connectivity index (χ1n) is 9.71. The summed E-state index contributed by atoms with van der Waals surface area (Å²) in [5.41, 5.74) is 1.93. The van der Waals surface area contributed by atoms with Gasteiger partial charge in [0.15, 0.2) is 0 Å². The molecule has 2 aromatic rings. The molecule has 3 heterocycles. The van der Waals surface area contributed by atoms with E-state index in [1.807, 2.05) is 4.68 Å². The van der Waals surface area contributed by atoms with Crippen molar-refractivity contribution in [3.63, 3.8) is 0 Å². The molecule has 1 fully saturated rings. The van der Waals surface area contributed by atoms with Crippen LogP contribution in [0.4, 0.5) is 8.78 Å². The molecular weight excluding hydrogens is 398 g/mol. The molecule has 1 saturated heterocycles. The molecule has 0 aliphatic carbocycles. The predicted octanol–water partition coefficient (Wildman–Crippen LogP) is 3.13. The number of aryl methyl sites for hydroxylation is 1. The number of amides is 2. The fourth-order valence-electron chi connectivity index (χ4n) is 3.90. The first-order chi connectivity index (χ1) is 14.0. The maximum absolute atomic E-state index is 12.9. The van der Waals surface area contributed by atoms with E-state index >= 15 is 0 Å². The third-order valence-electron chi connectivity index (χ3n) is 5.40. The van der Waals surface area contributed by atoms with E-state index in [1.165, 1.54) is 6.07 Å².